The number of rotatable bonds is 5. The first kappa shape index (κ1) is 14.7. The molecule has 0 aliphatic carbocycles. The quantitative estimate of drug-likeness (QED) is 0.773. The number of carbonyl (C=O) groups is 1. The minimum atomic E-state index is -0.0291. The van der Waals surface area contributed by atoms with Crippen LogP contribution in [0.3, 0.4) is 0 Å². The predicted molar refractivity (Wildman–Crippen MR) is 81.5 cm³/mol. The summed E-state index contributed by atoms with van der Waals surface area (Å²) in [4.78, 5) is 30.1. The maximum Gasteiger partial charge on any atom is 0.224 e. The first-order valence-electron chi connectivity index (χ1n) is 7.45. The number of piperidine rings is 1. The number of anilines is 1. The highest BCUT2D eigenvalue weighted by Gasteiger charge is 2.27. The highest BCUT2D eigenvalue weighted by Crippen LogP contribution is 2.25. The van der Waals surface area contributed by atoms with E-state index in [1.807, 2.05) is 0 Å². The van der Waals surface area contributed by atoms with Crippen LogP contribution in [0.5, 0.6) is 0 Å². The molecule has 0 aromatic carbocycles. The summed E-state index contributed by atoms with van der Waals surface area (Å²) in [6.45, 7) is 2.61. The monoisotopic (exact) mass is 304 g/mol. The first-order chi connectivity index (χ1) is 10.8. The van der Waals surface area contributed by atoms with Crippen molar-refractivity contribution >= 4 is 22.9 Å². The zero-order valence-corrected chi connectivity index (χ0v) is 12.6. The maximum atomic E-state index is 12.2. The van der Waals surface area contributed by atoms with Crippen molar-refractivity contribution in [3.63, 3.8) is 0 Å². The molecule has 0 unspecified atom stereocenters. The Morgan fingerprint density at radius 1 is 1.50 bits per heavy atom. The number of hydrogen-bond acceptors (Lipinski definition) is 6. The van der Waals surface area contributed by atoms with Crippen molar-refractivity contribution in [2.45, 2.75) is 12.8 Å². The number of aromatic nitrogens is 4. The molecule has 118 valence electrons. The molecule has 3 heterocycles. The number of nitrogens with zero attached hydrogens (tertiary/aromatic N) is 4. The molecule has 0 radical (unpaired) electrons. The van der Waals surface area contributed by atoms with E-state index in [4.69, 9.17) is 4.74 Å². The lowest BCUT2D eigenvalue weighted by Gasteiger charge is -2.32. The lowest BCUT2D eigenvalue weighted by molar-refractivity contribution is -0.125. The largest absolute Gasteiger partial charge is 0.383 e. The Balaban J connectivity index is 1.70. The summed E-state index contributed by atoms with van der Waals surface area (Å²) in [5.41, 5.74) is 1.47. The highest BCUT2D eigenvalue weighted by atomic mass is 16.5. The molecule has 2 N–H and O–H groups in total. The van der Waals surface area contributed by atoms with Crippen LogP contribution >= 0.6 is 0 Å². The van der Waals surface area contributed by atoms with Crippen LogP contribution in [-0.4, -0.2) is 59.2 Å². The van der Waals surface area contributed by atoms with Crippen LogP contribution in [0.1, 0.15) is 12.8 Å². The lowest BCUT2D eigenvalue weighted by Crippen LogP contribution is -2.44. The number of fused-ring (bicyclic) bond motifs is 1. The normalized spacial score (nSPS) is 18.6. The third kappa shape index (κ3) is 3.01. The highest BCUT2D eigenvalue weighted by molar-refractivity contribution is 5.84. The Kier molecular flexibility index (Phi) is 4.47. The molecule has 8 heteroatoms. The van der Waals surface area contributed by atoms with Gasteiger partial charge in [-0.2, -0.15) is 0 Å². The van der Waals surface area contributed by atoms with Crippen molar-refractivity contribution < 1.29 is 9.53 Å². The van der Waals surface area contributed by atoms with E-state index < -0.39 is 0 Å². The molecule has 8 nitrogen and oxygen atoms in total. The molecular weight excluding hydrogens is 284 g/mol. The molecule has 1 amide bonds. The van der Waals surface area contributed by atoms with Crippen LogP contribution in [0, 0.1) is 5.92 Å². The Morgan fingerprint density at radius 3 is 3.27 bits per heavy atom. The van der Waals surface area contributed by atoms with E-state index in [9.17, 15) is 4.79 Å². The Hall–Kier alpha value is -2.22. The van der Waals surface area contributed by atoms with Crippen molar-refractivity contribution in [1.82, 2.24) is 25.3 Å². The molecule has 3 rings (SSSR count). The number of nitrogens with one attached hydrogen (secondary N) is 2. The number of H-pyrrole nitrogens is 1. The Morgan fingerprint density at radius 2 is 2.41 bits per heavy atom. The van der Waals surface area contributed by atoms with Crippen LogP contribution in [0.2, 0.25) is 0 Å². The molecule has 1 aliphatic heterocycles. The third-order valence-corrected chi connectivity index (χ3v) is 3.90. The number of carbonyl (C=O) groups excluding carboxylic acids is 1. The molecule has 1 saturated heterocycles. The minimum absolute atomic E-state index is 0.0291. The number of amides is 1. The maximum absolute atomic E-state index is 12.2. The van der Waals surface area contributed by atoms with Crippen LogP contribution in [0.25, 0.3) is 11.2 Å². The van der Waals surface area contributed by atoms with E-state index in [1.54, 1.807) is 13.4 Å². The lowest BCUT2D eigenvalue weighted by atomic mass is 9.97. The van der Waals surface area contributed by atoms with Crippen LogP contribution in [0.15, 0.2) is 12.7 Å². The van der Waals surface area contributed by atoms with Gasteiger partial charge in [0.1, 0.15) is 11.8 Å². The molecule has 2 aromatic heterocycles. The summed E-state index contributed by atoms with van der Waals surface area (Å²) in [6.07, 6.45) is 4.98. The van der Waals surface area contributed by atoms with Gasteiger partial charge in [-0.25, -0.2) is 15.0 Å². The van der Waals surface area contributed by atoms with Crippen molar-refractivity contribution in [2.75, 3.05) is 38.3 Å². The van der Waals surface area contributed by atoms with Gasteiger partial charge < -0.3 is 19.9 Å². The van der Waals surface area contributed by atoms with Gasteiger partial charge in [0.2, 0.25) is 5.91 Å². The number of hydrogen-bond donors (Lipinski definition) is 2. The number of aromatic amines is 1. The molecule has 1 atom stereocenters. The van der Waals surface area contributed by atoms with Crippen molar-refractivity contribution in [2.24, 2.45) is 5.92 Å². The molecule has 0 saturated carbocycles. The van der Waals surface area contributed by atoms with Gasteiger partial charge in [-0.15, -0.1) is 0 Å². The summed E-state index contributed by atoms with van der Waals surface area (Å²) in [5.74, 6) is 0.868. The summed E-state index contributed by atoms with van der Waals surface area (Å²) in [7, 11) is 1.62. The van der Waals surface area contributed by atoms with E-state index in [1.165, 1.54) is 6.33 Å². The number of methoxy groups -OCH3 is 1. The molecule has 0 spiro atoms. The van der Waals surface area contributed by atoms with Crippen molar-refractivity contribution in [3.05, 3.63) is 12.7 Å². The molecular formula is C14H20N6O2. The van der Waals surface area contributed by atoms with E-state index in [0.717, 1.165) is 30.7 Å². The van der Waals surface area contributed by atoms with E-state index in [0.29, 0.717) is 25.3 Å². The smallest absolute Gasteiger partial charge is 0.224 e. The van der Waals surface area contributed by atoms with Gasteiger partial charge in [-0.05, 0) is 12.8 Å². The standard InChI is InChI=1S/C14H20N6O2/c1-22-6-4-15-14(21)10-3-2-5-20(7-10)13-11-12(17-8-16-11)18-9-19-13/h8-10H,2-7H2,1H3,(H,15,21)(H,16,17,18,19)/t10-/m0/s1. The molecule has 0 bridgehead atoms. The van der Waals surface area contributed by atoms with Gasteiger partial charge in [-0.3, -0.25) is 4.79 Å². The SMILES string of the molecule is COCCNC(=O)[C@H]1CCCN(c2ncnc3nc[nH]c23)C1. The second-order valence-electron chi connectivity index (χ2n) is 5.37. The van der Waals surface area contributed by atoms with E-state index in [2.05, 4.69) is 30.2 Å². The minimum Gasteiger partial charge on any atom is -0.383 e. The average molecular weight is 304 g/mol. The molecule has 1 fully saturated rings. The van der Waals surface area contributed by atoms with Crippen LogP contribution in [0.4, 0.5) is 5.82 Å². The van der Waals surface area contributed by atoms with Crippen molar-refractivity contribution in [3.8, 4) is 0 Å². The summed E-state index contributed by atoms with van der Waals surface area (Å²) in [5, 5.41) is 2.91. The molecule has 22 heavy (non-hydrogen) atoms. The zero-order valence-electron chi connectivity index (χ0n) is 12.6. The summed E-state index contributed by atoms with van der Waals surface area (Å²) < 4.78 is 4.96. The van der Waals surface area contributed by atoms with Gasteiger partial charge in [0.25, 0.3) is 0 Å². The predicted octanol–water partition coefficient (Wildman–Crippen LogP) is 0.332. The molecule has 2 aromatic rings. The summed E-state index contributed by atoms with van der Waals surface area (Å²) >= 11 is 0. The third-order valence-electron chi connectivity index (χ3n) is 3.90. The van der Waals surface area contributed by atoms with Crippen LogP contribution < -0.4 is 10.2 Å². The number of ether oxygens (including phenoxy) is 1. The second kappa shape index (κ2) is 6.69. The van der Waals surface area contributed by atoms with E-state index >= 15 is 0 Å². The van der Waals surface area contributed by atoms with Crippen LogP contribution in [-0.2, 0) is 9.53 Å². The topological polar surface area (TPSA) is 96.0 Å². The summed E-state index contributed by atoms with van der Waals surface area (Å²) in [6, 6.07) is 0. The fraction of sp³-hybridized carbons (Fsp3) is 0.571. The zero-order chi connectivity index (χ0) is 15.4. The fourth-order valence-corrected chi connectivity index (χ4v) is 2.80. The Labute approximate surface area is 128 Å². The fourth-order valence-electron chi connectivity index (χ4n) is 2.80. The van der Waals surface area contributed by atoms with Crippen molar-refractivity contribution in [1.29, 1.82) is 0 Å². The van der Waals surface area contributed by atoms with Gasteiger partial charge in [0, 0.05) is 26.7 Å². The van der Waals surface area contributed by atoms with Gasteiger partial charge in [0.15, 0.2) is 11.5 Å². The average Bonchev–Trinajstić information content (AvgIpc) is 3.03. The van der Waals surface area contributed by atoms with Gasteiger partial charge >= 0.3 is 0 Å². The first-order valence-corrected chi connectivity index (χ1v) is 7.45. The van der Waals surface area contributed by atoms with E-state index in [-0.39, 0.29) is 11.8 Å². The number of imidazole rings is 1. The van der Waals surface area contributed by atoms with Gasteiger partial charge in [-0.1, -0.05) is 0 Å². The Bertz CT molecular complexity index is 643. The van der Waals surface area contributed by atoms with Gasteiger partial charge in [0.05, 0.1) is 18.9 Å². The molecule has 1 aliphatic rings. The second-order valence-corrected chi connectivity index (χ2v) is 5.37.